The maximum atomic E-state index is 13.9. The molecule has 336 valence electrons. The minimum Gasteiger partial charge on any atom is -0.493 e. The van der Waals surface area contributed by atoms with E-state index in [-0.39, 0.29) is 77.0 Å². The largest absolute Gasteiger partial charge is 0.524 e. The van der Waals surface area contributed by atoms with Crippen LogP contribution in [0.1, 0.15) is 67.3 Å². The summed E-state index contributed by atoms with van der Waals surface area (Å²) in [4.78, 5) is 77.4. The molecule has 0 spiro atoms. The van der Waals surface area contributed by atoms with Crippen LogP contribution in [0.25, 0.3) is 10.8 Å². The maximum Gasteiger partial charge on any atom is 0.524 e. The van der Waals surface area contributed by atoms with Gasteiger partial charge in [0.1, 0.15) is 12.4 Å². The van der Waals surface area contributed by atoms with E-state index in [1.165, 1.54) is 53.9 Å². The van der Waals surface area contributed by atoms with Gasteiger partial charge in [-0.2, -0.15) is 0 Å². The first-order chi connectivity index (χ1) is 30.2. The number of fused-ring (bicyclic) bond motifs is 5. The minimum atomic E-state index is -4.89. The highest BCUT2D eigenvalue weighted by Crippen LogP contribution is 2.49. The van der Waals surface area contributed by atoms with Crippen LogP contribution in [0.2, 0.25) is 0 Å². The van der Waals surface area contributed by atoms with Gasteiger partial charge in [0.05, 0.1) is 36.7 Å². The van der Waals surface area contributed by atoms with Crippen molar-refractivity contribution in [2.75, 3.05) is 56.1 Å². The molecular formula is C43H49ClN4O12PS2+. The van der Waals surface area contributed by atoms with Crippen molar-refractivity contribution in [1.82, 2.24) is 4.90 Å². The van der Waals surface area contributed by atoms with Crippen LogP contribution in [0.5, 0.6) is 17.2 Å². The van der Waals surface area contributed by atoms with Gasteiger partial charge in [-0.3, -0.25) is 19.4 Å². The summed E-state index contributed by atoms with van der Waals surface area (Å²) in [6, 6.07) is 18.1. The average Bonchev–Trinajstić information content (AvgIpc) is 3.90. The maximum absolute atomic E-state index is 13.9. The first-order valence-electron chi connectivity index (χ1n) is 20.5. The van der Waals surface area contributed by atoms with Crippen LogP contribution in [0.15, 0.2) is 71.6 Å². The Bertz CT molecular complexity index is 2420. The Balaban J connectivity index is 0.992. The summed E-state index contributed by atoms with van der Waals surface area (Å²) in [5.41, 5.74) is 2.17. The molecule has 1 fully saturated rings. The Morgan fingerprint density at radius 1 is 1.00 bits per heavy atom. The van der Waals surface area contributed by atoms with Crippen molar-refractivity contribution < 1.29 is 57.3 Å². The third-order valence-corrected chi connectivity index (χ3v) is 14.9. The number of carbonyl (C=O) groups excluding carboxylic acids is 3. The number of nitroso groups, excluding NO2 is 1. The number of rotatable bonds is 17. The smallest absolute Gasteiger partial charge is 0.493 e. The molecule has 0 bridgehead atoms. The molecule has 3 N–H and O–H groups in total. The van der Waals surface area contributed by atoms with E-state index in [4.69, 9.17) is 30.3 Å². The number of unbranched alkanes of at least 4 members (excludes halogenated alkanes) is 2. The Labute approximate surface area is 377 Å². The molecule has 4 aromatic rings. The van der Waals surface area contributed by atoms with Gasteiger partial charge in [0.2, 0.25) is 5.91 Å². The Kier molecular flexibility index (Phi) is 14.8. The second kappa shape index (κ2) is 20.1. The normalized spacial score (nSPS) is 18.7. The lowest BCUT2D eigenvalue weighted by Gasteiger charge is -2.32. The van der Waals surface area contributed by atoms with E-state index in [0.29, 0.717) is 67.3 Å². The summed E-state index contributed by atoms with van der Waals surface area (Å²) >= 11 is 6.37. The molecule has 3 aliphatic rings. The highest BCUT2D eigenvalue weighted by atomic mass is 35.5. The fraction of sp³-hybridized carbons (Fsp3) is 0.419. The molecule has 1 saturated heterocycles. The van der Waals surface area contributed by atoms with E-state index < -0.39 is 26.2 Å². The van der Waals surface area contributed by atoms with Crippen molar-refractivity contribution in [2.24, 2.45) is 0 Å². The van der Waals surface area contributed by atoms with Crippen molar-refractivity contribution in [2.45, 2.75) is 73.8 Å². The zero-order chi connectivity index (χ0) is 45.0. The van der Waals surface area contributed by atoms with Gasteiger partial charge in [-0.1, -0.05) is 45.9 Å². The molecule has 7 rings (SSSR count). The number of methoxy groups -OCH3 is 1. The van der Waals surface area contributed by atoms with E-state index in [1.54, 1.807) is 34.1 Å². The highest BCUT2D eigenvalue weighted by molar-refractivity contribution is 8.76. The van der Waals surface area contributed by atoms with Crippen molar-refractivity contribution in [1.29, 1.82) is 0 Å². The quantitative estimate of drug-likeness (QED) is 0.0300. The molecule has 3 aliphatic heterocycles. The van der Waals surface area contributed by atoms with Crippen molar-refractivity contribution >= 4 is 86.8 Å². The van der Waals surface area contributed by atoms with Crippen LogP contribution in [-0.4, -0.2) is 106 Å². The number of alkyl halides is 1. The molecule has 0 aliphatic carbocycles. The molecule has 20 heteroatoms. The van der Waals surface area contributed by atoms with Gasteiger partial charge >= 0.3 is 13.9 Å². The lowest BCUT2D eigenvalue weighted by molar-refractivity contribution is -0.428. The van der Waals surface area contributed by atoms with Crippen LogP contribution < -0.4 is 23.8 Å². The molecule has 4 atom stereocenters. The predicted octanol–water partition coefficient (Wildman–Crippen LogP) is 8.38. The monoisotopic (exact) mass is 943 g/mol. The van der Waals surface area contributed by atoms with Crippen LogP contribution in [0.3, 0.4) is 0 Å². The number of aliphatic hydroxyl groups is 1. The van der Waals surface area contributed by atoms with Gasteiger partial charge in [0.15, 0.2) is 24.8 Å². The third kappa shape index (κ3) is 10.4. The Hall–Kier alpha value is -4.55. The number of hydrogen-bond donors (Lipinski definition) is 3. The van der Waals surface area contributed by atoms with E-state index in [2.05, 4.69) is 0 Å². The van der Waals surface area contributed by atoms with E-state index in [0.717, 1.165) is 20.1 Å². The number of phosphoric ester groups is 1. The molecule has 63 heavy (non-hydrogen) atoms. The van der Waals surface area contributed by atoms with Crippen molar-refractivity contribution in [3.8, 4) is 17.2 Å². The summed E-state index contributed by atoms with van der Waals surface area (Å²) in [7, 11) is 0.946. The molecule has 0 radical (unpaired) electrons. The fourth-order valence-electron chi connectivity index (χ4n) is 8.21. The van der Waals surface area contributed by atoms with Crippen molar-refractivity contribution in [3.05, 3.63) is 82.8 Å². The summed E-state index contributed by atoms with van der Waals surface area (Å²) in [5.74, 6) is 0.0372. The number of carbonyl (C=O) groups is 3. The SMILES string of the molecule is COc1cc2c(cc1OCCCCCC(=O)N1C[C@@H](CCl)c3c1cc(OP(=O)(O)O)c1ccccc31)N(C(=O)OCC(C)SSc1ccc([N+](C)=O)cc1)C(O)[C@@H]1CCCN1C2=O. The van der Waals surface area contributed by atoms with Gasteiger partial charge in [0, 0.05) is 80.8 Å². The standard InChI is InChI=1S/C43H48ClN4O12PS2/c1-26(62-63-29-16-14-28(15-17-29)45(2)53)25-59-43(52)48-34-21-38(37(57-3)20-32(34)41(50)46-18-9-12-33(46)42(48)51)58-19-8-4-5-13-39(49)47-24-27(23-44)40-31-11-7-6-10-30(31)36(22-35(40)47)60-61(54,55)56/h6-7,10-11,14-17,20-22,26-27,33,42,51H,4-5,8-9,12-13,18-19,23-25H2,1-3H3,(H-,54,55,56)/p+1/t26?,27-,33+,42?/m1/s1. The Morgan fingerprint density at radius 3 is 2.43 bits per heavy atom. The summed E-state index contributed by atoms with van der Waals surface area (Å²) < 4.78 is 35.2. The first kappa shape index (κ1) is 46.4. The number of amides is 3. The topological polar surface area (TPSA) is 196 Å². The second-order valence-electron chi connectivity index (χ2n) is 15.5. The molecule has 0 saturated carbocycles. The number of nitrogens with zero attached hydrogens (tertiary/aromatic N) is 4. The molecule has 2 unspecified atom stereocenters. The van der Waals surface area contributed by atoms with Gasteiger partial charge < -0.3 is 33.6 Å². The van der Waals surface area contributed by atoms with Gasteiger partial charge in [0.25, 0.3) is 11.6 Å². The van der Waals surface area contributed by atoms with Gasteiger partial charge in [-0.25, -0.2) is 14.3 Å². The molecular weight excluding hydrogens is 895 g/mol. The molecule has 3 amide bonds. The van der Waals surface area contributed by atoms with Gasteiger partial charge in [-0.05, 0) is 68.2 Å². The molecule has 0 aromatic heterocycles. The van der Waals surface area contributed by atoms with E-state index >= 15 is 0 Å². The lowest BCUT2D eigenvalue weighted by Crippen LogP contribution is -2.51. The predicted molar refractivity (Wildman–Crippen MR) is 242 cm³/mol. The molecule has 16 nitrogen and oxygen atoms in total. The summed E-state index contributed by atoms with van der Waals surface area (Å²) in [5, 5.41) is 12.7. The third-order valence-electron chi connectivity index (χ3n) is 11.2. The zero-order valence-electron chi connectivity index (χ0n) is 34.9. The zero-order valence-corrected chi connectivity index (χ0v) is 38.2. The Morgan fingerprint density at radius 2 is 1.73 bits per heavy atom. The number of benzene rings is 4. The molecule has 3 heterocycles. The van der Waals surface area contributed by atoms with E-state index in [9.17, 15) is 38.7 Å². The first-order valence-corrected chi connectivity index (χ1v) is 24.8. The summed E-state index contributed by atoms with van der Waals surface area (Å²) in [6.07, 6.45) is 0.806. The summed E-state index contributed by atoms with van der Waals surface area (Å²) in [6.45, 7) is 2.86. The number of aliphatic hydroxyl groups excluding tert-OH is 1. The number of hydrogen-bond acceptors (Lipinski definition) is 12. The highest BCUT2D eigenvalue weighted by Gasteiger charge is 2.45. The fourth-order valence-corrected chi connectivity index (χ4v) is 10.8. The number of anilines is 2. The minimum absolute atomic E-state index is 0.0152. The number of halogens is 1. The van der Waals surface area contributed by atoms with Gasteiger partial charge in [-0.15, -0.1) is 11.6 Å². The average molecular weight is 944 g/mol. The van der Waals surface area contributed by atoms with E-state index in [1.807, 2.05) is 31.2 Å². The second-order valence-corrected chi connectivity index (χ2v) is 19.7. The number of ether oxygens (including phenoxy) is 3. The van der Waals surface area contributed by atoms with Crippen LogP contribution in [0.4, 0.5) is 21.9 Å². The van der Waals surface area contributed by atoms with Crippen LogP contribution >= 0.6 is 41.0 Å². The van der Waals surface area contributed by atoms with Crippen LogP contribution in [-0.2, 0) is 14.1 Å². The van der Waals surface area contributed by atoms with Crippen LogP contribution in [0, 0.1) is 4.91 Å². The van der Waals surface area contributed by atoms with Crippen molar-refractivity contribution in [3.63, 3.8) is 0 Å². The molecule has 4 aromatic carbocycles. The lowest BCUT2D eigenvalue weighted by atomic mass is 9.95. The number of phosphoric acid groups is 1.